The van der Waals surface area contributed by atoms with Crippen LogP contribution in [0.3, 0.4) is 0 Å². The molecule has 2 rings (SSSR count). The van der Waals surface area contributed by atoms with Crippen LogP contribution in [-0.4, -0.2) is 32.1 Å². The molecule has 1 aliphatic heterocycles. The maximum absolute atomic E-state index is 11.5. The van der Waals surface area contributed by atoms with Crippen molar-refractivity contribution in [2.75, 3.05) is 26.2 Å². The maximum atomic E-state index is 11.5. The quantitative estimate of drug-likeness (QED) is 0.826. The summed E-state index contributed by atoms with van der Waals surface area (Å²) in [5, 5.41) is 6.58. The molecule has 1 heterocycles. The molecule has 0 aliphatic carbocycles. The molecular weight excluding hydrogens is 240 g/mol. The van der Waals surface area contributed by atoms with E-state index in [0.717, 1.165) is 13.1 Å². The van der Waals surface area contributed by atoms with Gasteiger partial charge < -0.3 is 15.4 Å². The fourth-order valence-corrected chi connectivity index (χ4v) is 1.69. The summed E-state index contributed by atoms with van der Waals surface area (Å²) in [5.74, 6) is 1.07. The van der Waals surface area contributed by atoms with Crippen molar-refractivity contribution in [3.8, 4) is 5.75 Å². The second-order valence-corrected chi connectivity index (χ2v) is 4.51. The van der Waals surface area contributed by atoms with Gasteiger partial charge in [-0.2, -0.15) is 0 Å². The van der Waals surface area contributed by atoms with Crippen molar-refractivity contribution in [3.05, 3.63) is 29.3 Å². The van der Waals surface area contributed by atoms with E-state index < -0.39 is 0 Å². The highest BCUT2D eigenvalue weighted by Gasteiger charge is 2.17. The van der Waals surface area contributed by atoms with Gasteiger partial charge in [0.1, 0.15) is 5.75 Å². The first-order valence-electron chi connectivity index (χ1n) is 5.60. The number of benzene rings is 1. The van der Waals surface area contributed by atoms with Gasteiger partial charge in [0, 0.05) is 30.6 Å². The summed E-state index contributed by atoms with van der Waals surface area (Å²) in [6, 6.07) is 7.01. The summed E-state index contributed by atoms with van der Waals surface area (Å²) in [6.07, 6.45) is 0. The number of carbonyl (C=O) groups is 1. The Morgan fingerprint density at radius 3 is 3.00 bits per heavy atom. The molecule has 1 aromatic rings. The Labute approximate surface area is 105 Å². The minimum atomic E-state index is -0.100. The molecule has 92 valence electrons. The fourth-order valence-electron chi connectivity index (χ4n) is 1.51. The monoisotopic (exact) mass is 254 g/mol. The summed E-state index contributed by atoms with van der Waals surface area (Å²) in [7, 11) is 0. The van der Waals surface area contributed by atoms with Crippen LogP contribution in [0, 0.1) is 5.92 Å². The Bertz CT molecular complexity index is 394. The Balaban J connectivity index is 1.68. The van der Waals surface area contributed by atoms with Gasteiger partial charge in [0.2, 0.25) is 0 Å². The van der Waals surface area contributed by atoms with Gasteiger partial charge in [0.25, 0.3) is 5.91 Å². The van der Waals surface area contributed by atoms with Crippen molar-refractivity contribution in [1.29, 1.82) is 0 Å². The van der Waals surface area contributed by atoms with E-state index in [0.29, 0.717) is 23.2 Å². The SMILES string of the molecule is O=C(COc1cccc(Cl)c1)NCC1CNC1. The van der Waals surface area contributed by atoms with E-state index >= 15 is 0 Å². The van der Waals surface area contributed by atoms with Crippen LogP contribution in [0.5, 0.6) is 5.75 Å². The summed E-state index contributed by atoms with van der Waals surface area (Å²) in [6.45, 7) is 2.70. The van der Waals surface area contributed by atoms with Gasteiger partial charge in [-0.05, 0) is 18.2 Å². The number of amides is 1. The summed E-state index contributed by atoms with van der Waals surface area (Å²) in [5.41, 5.74) is 0. The predicted molar refractivity (Wildman–Crippen MR) is 66.3 cm³/mol. The standard InChI is InChI=1S/C12H15ClN2O2/c13-10-2-1-3-11(4-10)17-8-12(16)15-7-9-5-14-6-9/h1-4,9,14H,5-8H2,(H,15,16). The van der Waals surface area contributed by atoms with Crippen LogP contribution in [0.25, 0.3) is 0 Å². The molecule has 2 N–H and O–H groups in total. The van der Waals surface area contributed by atoms with Crippen LogP contribution in [0.15, 0.2) is 24.3 Å². The van der Waals surface area contributed by atoms with Gasteiger partial charge in [-0.15, -0.1) is 0 Å². The number of ether oxygens (including phenoxy) is 1. The number of carbonyl (C=O) groups excluding carboxylic acids is 1. The van der Waals surface area contributed by atoms with E-state index in [1.165, 1.54) is 0 Å². The molecule has 0 unspecified atom stereocenters. The number of rotatable bonds is 5. The average molecular weight is 255 g/mol. The van der Waals surface area contributed by atoms with Gasteiger partial charge in [0.15, 0.2) is 6.61 Å². The van der Waals surface area contributed by atoms with Gasteiger partial charge in [-0.3, -0.25) is 4.79 Å². The van der Waals surface area contributed by atoms with Crippen molar-refractivity contribution in [2.24, 2.45) is 5.92 Å². The lowest BCUT2D eigenvalue weighted by molar-refractivity contribution is -0.123. The van der Waals surface area contributed by atoms with Crippen molar-refractivity contribution in [2.45, 2.75) is 0 Å². The molecule has 0 saturated carbocycles. The second kappa shape index (κ2) is 5.89. The van der Waals surface area contributed by atoms with E-state index in [1.54, 1.807) is 24.3 Å². The van der Waals surface area contributed by atoms with Crippen LogP contribution in [0.4, 0.5) is 0 Å². The molecule has 0 spiro atoms. The van der Waals surface area contributed by atoms with E-state index in [9.17, 15) is 4.79 Å². The molecule has 0 bridgehead atoms. The smallest absolute Gasteiger partial charge is 0.257 e. The molecule has 0 radical (unpaired) electrons. The first kappa shape index (κ1) is 12.2. The van der Waals surface area contributed by atoms with E-state index in [4.69, 9.17) is 16.3 Å². The topological polar surface area (TPSA) is 50.4 Å². The normalized spacial score (nSPS) is 15.1. The minimum absolute atomic E-state index is 0.0283. The molecule has 5 heteroatoms. The van der Waals surface area contributed by atoms with Gasteiger partial charge in [-0.1, -0.05) is 17.7 Å². The predicted octanol–water partition coefficient (Wildman–Crippen LogP) is 1.05. The van der Waals surface area contributed by atoms with Crippen molar-refractivity contribution < 1.29 is 9.53 Å². The van der Waals surface area contributed by atoms with Crippen LogP contribution in [-0.2, 0) is 4.79 Å². The number of hydrogen-bond acceptors (Lipinski definition) is 3. The number of nitrogens with one attached hydrogen (secondary N) is 2. The Hall–Kier alpha value is -1.26. The Morgan fingerprint density at radius 1 is 1.53 bits per heavy atom. The third-order valence-electron chi connectivity index (χ3n) is 2.62. The Morgan fingerprint density at radius 2 is 2.35 bits per heavy atom. The highest BCUT2D eigenvalue weighted by Crippen LogP contribution is 2.16. The highest BCUT2D eigenvalue weighted by molar-refractivity contribution is 6.30. The molecule has 1 aromatic carbocycles. The average Bonchev–Trinajstić information content (AvgIpc) is 2.24. The van der Waals surface area contributed by atoms with Crippen LogP contribution in [0.1, 0.15) is 0 Å². The zero-order valence-electron chi connectivity index (χ0n) is 9.41. The molecule has 1 fully saturated rings. The molecule has 1 saturated heterocycles. The molecule has 1 amide bonds. The highest BCUT2D eigenvalue weighted by atomic mass is 35.5. The summed E-state index contributed by atoms with van der Waals surface area (Å²) >= 11 is 5.80. The molecule has 0 aromatic heterocycles. The van der Waals surface area contributed by atoms with Gasteiger partial charge in [-0.25, -0.2) is 0 Å². The van der Waals surface area contributed by atoms with Crippen molar-refractivity contribution in [1.82, 2.24) is 10.6 Å². The third kappa shape index (κ3) is 3.91. The van der Waals surface area contributed by atoms with Crippen molar-refractivity contribution >= 4 is 17.5 Å². The molecule has 0 atom stereocenters. The first-order chi connectivity index (χ1) is 8.24. The molecule has 4 nitrogen and oxygen atoms in total. The second-order valence-electron chi connectivity index (χ2n) is 4.07. The van der Waals surface area contributed by atoms with E-state index in [-0.39, 0.29) is 12.5 Å². The van der Waals surface area contributed by atoms with Gasteiger partial charge in [0.05, 0.1) is 0 Å². The fraction of sp³-hybridized carbons (Fsp3) is 0.417. The van der Waals surface area contributed by atoms with E-state index in [2.05, 4.69) is 10.6 Å². The lowest BCUT2D eigenvalue weighted by Gasteiger charge is -2.27. The molecule has 17 heavy (non-hydrogen) atoms. The zero-order chi connectivity index (χ0) is 12.1. The lowest BCUT2D eigenvalue weighted by atomic mass is 10.0. The maximum Gasteiger partial charge on any atom is 0.257 e. The van der Waals surface area contributed by atoms with Gasteiger partial charge >= 0.3 is 0 Å². The van der Waals surface area contributed by atoms with Crippen LogP contribution < -0.4 is 15.4 Å². The number of hydrogen-bond donors (Lipinski definition) is 2. The lowest BCUT2D eigenvalue weighted by Crippen LogP contribution is -2.48. The van der Waals surface area contributed by atoms with Crippen LogP contribution in [0.2, 0.25) is 5.02 Å². The first-order valence-corrected chi connectivity index (χ1v) is 5.97. The molecule has 1 aliphatic rings. The Kier molecular flexibility index (Phi) is 4.23. The minimum Gasteiger partial charge on any atom is -0.484 e. The van der Waals surface area contributed by atoms with Crippen LogP contribution >= 0.6 is 11.6 Å². The third-order valence-corrected chi connectivity index (χ3v) is 2.86. The summed E-state index contributed by atoms with van der Waals surface area (Å²) < 4.78 is 5.32. The largest absolute Gasteiger partial charge is 0.484 e. The zero-order valence-corrected chi connectivity index (χ0v) is 10.2. The molecular formula is C12H15ClN2O2. The summed E-state index contributed by atoms with van der Waals surface area (Å²) in [4.78, 5) is 11.5. The van der Waals surface area contributed by atoms with E-state index in [1.807, 2.05) is 0 Å². The number of halogens is 1. The van der Waals surface area contributed by atoms with Crippen molar-refractivity contribution in [3.63, 3.8) is 0 Å².